The number of anilines is 2. The van der Waals surface area contributed by atoms with Crippen LogP contribution in [0.1, 0.15) is 16.8 Å². The molecule has 2 aromatic carbocycles. The van der Waals surface area contributed by atoms with E-state index in [1.807, 2.05) is 25.9 Å². The fraction of sp³-hybridized carbons (Fsp3) is 0.118. The summed E-state index contributed by atoms with van der Waals surface area (Å²) in [5.74, 6) is -1.14. The van der Waals surface area contributed by atoms with E-state index in [1.165, 1.54) is 0 Å². The first-order valence-electron chi connectivity index (χ1n) is 7.94. The van der Waals surface area contributed by atoms with Crippen molar-refractivity contribution >= 4 is 44.0 Å². The maximum atomic E-state index is 12.6. The average molecular weight is 318 g/mol. The third kappa shape index (κ3) is 2.97. The number of nitrogens with one attached hydrogen (secondary N) is 1. The van der Waals surface area contributed by atoms with Gasteiger partial charge in [-0.3, -0.25) is 19.3 Å². The SMILES string of the molecule is BBC1CC(=O)N(c2ccccc2C(=O)Nc2ccccc2)C1=O. The number of nitrogens with zero attached hydrogens (tertiary/aromatic N) is 1. The molecule has 1 aliphatic heterocycles. The highest BCUT2D eigenvalue weighted by Crippen LogP contribution is 2.31. The largest absolute Gasteiger partial charge is 0.322 e. The van der Waals surface area contributed by atoms with Crippen LogP contribution in [0, 0.1) is 0 Å². The summed E-state index contributed by atoms with van der Waals surface area (Å²) in [6.07, 6.45) is 0.198. The maximum Gasteiger partial charge on any atom is 0.257 e. The van der Waals surface area contributed by atoms with E-state index in [0.29, 0.717) is 24.1 Å². The Hall–Kier alpha value is -2.82. The van der Waals surface area contributed by atoms with Crippen molar-refractivity contribution in [3.05, 3.63) is 60.2 Å². The molecule has 3 amide bonds. The van der Waals surface area contributed by atoms with Crippen LogP contribution in [0.3, 0.4) is 0 Å². The van der Waals surface area contributed by atoms with Crippen molar-refractivity contribution in [1.29, 1.82) is 0 Å². The highest BCUT2D eigenvalue weighted by Gasteiger charge is 2.39. The van der Waals surface area contributed by atoms with Gasteiger partial charge in [0.2, 0.25) is 11.8 Å². The lowest BCUT2D eigenvalue weighted by molar-refractivity contribution is -0.121. The third-order valence-corrected chi connectivity index (χ3v) is 4.15. The van der Waals surface area contributed by atoms with Crippen molar-refractivity contribution in [2.75, 3.05) is 10.2 Å². The molecule has 1 heterocycles. The van der Waals surface area contributed by atoms with Gasteiger partial charge in [-0.25, -0.2) is 0 Å². The summed E-state index contributed by atoms with van der Waals surface area (Å²) in [5, 5.41) is 2.79. The van der Waals surface area contributed by atoms with Crippen molar-refractivity contribution in [2.24, 2.45) is 0 Å². The van der Waals surface area contributed by atoms with Gasteiger partial charge in [0.05, 0.1) is 26.2 Å². The molecule has 7 heteroatoms. The second kappa shape index (κ2) is 6.74. The molecule has 1 atom stereocenters. The molecule has 0 aromatic heterocycles. The van der Waals surface area contributed by atoms with Gasteiger partial charge in [0, 0.05) is 17.9 Å². The standard InChI is InChI=1S/C17H16B2N2O3/c18-19-13-10-15(22)21(17(13)24)14-9-5-4-8-12(14)16(23)20-11-6-2-1-3-7-11/h1-9,13,19H,10,18H2,(H,20,23). The molecule has 1 fully saturated rings. The van der Waals surface area contributed by atoms with Crippen molar-refractivity contribution in [3.63, 3.8) is 0 Å². The van der Waals surface area contributed by atoms with E-state index in [-0.39, 0.29) is 30.0 Å². The highest BCUT2D eigenvalue weighted by atomic mass is 16.2. The quantitative estimate of drug-likeness (QED) is 0.675. The Labute approximate surface area is 141 Å². The molecule has 3 rings (SSSR count). The van der Waals surface area contributed by atoms with Gasteiger partial charge in [0.15, 0.2) is 0 Å². The van der Waals surface area contributed by atoms with Crippen LogP contribution in [0.15, 0.2) is 54.6 Å². The molecule has 1 saturated heterocycles. The molecule has 0 bridgehead atoms. The molecular weight excluding hydrogens is 302 g/mol. The third-order valence-electron chi connectivity index (χ3n) is 4.15. The monoisotopic (exact) mass is 318 g/mol. The van der Waals surface area contributed by atoms with Gasteiger partial charge in [-0.1, -0.05) is 30.3 Å². The number of carbonyl (C=O) groups is 3. The molecule has 24 heavy (non-hydrogen) atoms. The minimum absolute atomic E-state index is 0.198. The predicted octanol–water partition coefficient (Wildman–Crippen LogP) is 0.975. The second-order valence-electron chi connectivity index (χ2n) is 5.71. The first-order chi connectivity index (χ1) is 11.6. The van der Waals surface area contributed by atoms with Crippen molar-refractivity contribution in [3.8, 4) is 0 Å². The predicted molar refractivity (Wildman–Crippen MR) is 97.4 cm³/mol. The van der Waals surface area contributed by atoms with Gasteiger partial charge in [-0.15, -0.1) is 0 Å². The Morgan fingerprint density at radius 2 is 1.75 bits per heavy atom. The van der Waals surface area contributed by atoms with Crippen LogP contribution in [-0.2, 0) is 9.59 Å². The fourth-order valence-corrected chi connectivity index (χ4v) is 2.85. The number of hydrogen-bond acceptors (Lipinski definition) is 3. The first-order valence-corrected chi connectivity index (χ1v) is 7.94. The van der Waals surface area contributed by atoms with Gasteiger partial charge >= 0.3 is 0 Å². The number of amides is 3. The fourth-order valence-electron chi connectivity index (χ4n) is 2.85. The Kier molecular flexibility index (Phi) is 4.51. The van der Waals surface area contributed by atoms with Crippen molar-refractivity contribution in [1.82, 2.24) is 0 Å². The Morgan fingerprint density at radius 3 is 2.42 bits per heavy atom. The molecule has 2 aromatic rings. The number of rotatable bonds is 4. The molecule has 1 aliphatic rings. The number of benzene rings is 2. The smallest absolute Gasteiger partial charge is 0.257 e. The van der Waals surface area contributed by atoms with Crippen LogP contribution in [0.2, 0.25) is 5.82 Å². The summed E-state index contributed by atoms with van der Waals surface area (Å²) in [6, 6.07) is 15.7. The molecule has 1 unspecified atom stereocenters. The number of para-hydroxylation sites is 2. The van der Waals surface area contributed by atoms with Gasteiger partial charge in [0.1, 0.15) is 0 Å². The lowest BCUT2D eigenvalue weighted by Crippen LogP contribution is -2.32. The van der Waals surface area contributed by atoms with E-state index in [0.717, 1.165) is 4.90 Å². The molecule has 0 spiro atoms. The van der Waals surface area contributed by atoms with Crippen LogP contribution < -0.4 is 10.2 Å². The van der Waals surface area contributed by atoms with Crippen LogP contribution in [0.5, 0.6) is 0 Å². The van der Waals surface area contributed by atoms with Gasteiger partial charge in [0.25, 0.3) is 5.91 Å². The Bertz CT molecular complexity index is 795. The minimum atomic E-state index is -0.350. The minimum Gasteiger partial charge on any atom is -0.322 e. The average Bonchev–Trinajstić information content (AvgIpc) is 2.89. The Balaban J connectivity index is 1.92. The molecule has 5 nitrogen and oxygen atoms in total. The summed E-state index contributed by atoms with van der Waals surface area (Å²) < 4.78 is 0. The van der Waals surface area contributed by atoms with E-state index >= 15 is 0 Å². The van der Waals surface area contributed by atoms with Crippen LogP contribution in [0.4, 0.5) is 11.4 Å². The zero-order valence-corrected chi connectivity index (χ0v) is 13.4. The summed E-state index contributed by atoms with van der Waals surface area (Å²) in [4.78, 5) is 38.5. The highest BCUT2D eigenvalue weighted by molar-refractivity contribution is 6.92. The summed E-state index contributed by atoms with van der Waals surface area (Å²) in [7, 11) is 2.49. The number of imide groups is 1. The second-order valence-corrected chi connectivity index (χ2v) is 5.71. The molecule has 0 saturated carbocycles. The van der Waals surface area contributed by atoms with Gasteiger partial charge in [-0.2, -0.15) is 0 Å². The molecule has 0 aliphatic carbocycles. The molecule has 0 radical (unpaired) electrons. The van der Waals surface area contributed by atoms with Crippen LogP contribution >= 0.6 is 0 Å². The zero-order valence-electron chi connectivity index (χ0n) is 13.4. The Morgan fingerprint density at radius 1 is 1.08 bits per heavy atom. The van der Waals surface area contributed by atoms with Gasteiger partial charge < -0.3 is 5.32 Å². The molecule has 118 valence electrons. The van der Waals surface area contributed by atoms with E-state index in [1.54, 1.807) is 36.4 Å². The normalized spacial score (nSPS) is 17.0. The number of hydrogen-bond donors (Lipinski definition) is 1. The molecule has 1 N–H and O–H groups in total. The number of carbonyl (C=O) groups excluding carboxylic acids is 3. The van der Waals surface area contributed by atoms with E-state index < -0.39 is 0 Å². The van der Waals surface area contributed by atoms with Crippen molar-refractivity contribution < 1.29 is 14.4 Å². The van der Waals surface area contributed by atoms with Crippen LogP contribution in [-0.4, -0.2) is 32.6 Å². The maximum absolute atomic E-state index is 12.6. The summed E-state index contributed by atoms with van der Waals surface area (Å²) in [6.45, 7) is 0. The van der Waals surface area contributed by atoms with Crippen molar-refractivity contribution in [2.45, 2.75) is 12.2 Å². The molecular formula is C17H16B2N2O3. The van der Waals surface area contributed by atoms with Gasteiger partial charge in [-0.05, 0) is 24.3 Å². The summed E-state index contributed by atoms with van der Waals surface area (Å²) in [5.41, 5.74) is 1.31. The zero-order chi connectivity index (χ0) is 17.1. The van der Waals surface area contributed by atoms with E-state index in [2.05, 4.69) is 5.32 Å². The lowest BCUT2D eigenvalue weighted by Gasteiger charge is -2.18. The first kappa shape index (κ1) is 16.1. The van der Waals surface area contributed by atoms with E-state index in [9.17, 15) is 14.4 Å². The van der Waals surface area contributed by atoms with E-state index in [4.69, 9.17) is 0 Å². The summed E-state index contributed by atoms with van der Waals surface area (Å²) >= 11 is 0. The van der Waals surface area contributed by atoms with Crippen LogP contribution in [0.25, 0.3) is 0 Å². The lowest BCUT2D eigenvalue weighted by atomic mass is 9.47. The topological polar surface area (TPSA) is 66.5 Å².